The van der Waals surface area contributed by atoms with Crippen molar-refractivity contribution in [1.82, 2.24) is 0 Å². The monoisotopic (exact) mass is 276 g/mol. The molecule has 0 bridgehead atoms. The quantitative estimate of drug-likeness (QED) is 0.652. The molecule has 1 unspecified atom stereocenters. The fourth-order valence-corrected chi connectivity index (χ4v) is 2.24. The van der Waals surface area contributed by atoms with Gasteiger partial charge in [-0.25, -0.2) is 4.39 Å². The molecule has 0 fully saturated rings. The molecule has 1 aromatic carbocycles. The molecule has 0 aromatic heterocycles. The second-order valence-electron chi connectivity index (χ2n) is 3.50. The molecule has 0 amide bonds. The topological polar surface area (TPSA) is 0 Å². The van der Waals surface area contributed by atoms with Crippen molar-refractivity contribution < 1.29 is 4.39 Å². The van der Waals surface area contributed by atoms with Crippen LogP contribution in [0.3, 0.4) is 0 Å². The number of hydrogen-bond donors (Lipinski definition) is 0. The second-order valence-corrected chi connectivity index (χ2v) is 5.32. The van der Waals surface area contributed by atoms with E-state index in [1.807, 2.05) is 30.3 Å². The van der Waals surface area contributed by atoms with Crippen LogP contribution in [-0.4, -0.2) is 10.5 Å². The average Bonchev–Trinajstić information content (AvgIpc) is 2.25. The summed E-state index contributed by atoms with van der Waals surface area (Å²) in [5.74, 6) is 0. The normalized spacial score (nSPS) is 23.6. The largest absolute Gasteiger partial charge is 0.239 e. The summed E-state index contributed by atoms with van der Waals surface area (Å²) >= 11 is 17.8. The SMILES string of the molecule is FC1C=C(Cl)C=C(c2ccccc2)C1(Cl)Cl. The Morgan fingerprint density at radius 2 is 1.75 bits per heavy atom. The minimum atomic E-state index is -1.58. The van der Waals surface area contributed by atoms with Gasteiger partial charge in [0.15, 0.2) is 10.5 Å². The lowest BCUT2D eigenvalue weighted by Crippen LogP contribution is -2.29. The molecule has 0 radical (unpaired) electrons. The summed E-state index contributed by atoms with van der Waals surface area (Å²) in [5.41, 5.74) is 1.25. The Morgan fingerprint density at radius 3 is 2.38 bits per heavy atom. The van der Waals surface area contributed by atoms with Gasteiger partial charge in [-0.3, -0.25) is 0 Å². The summed E-state index contributed by atoms with van der Waals surface area (Å²) in [5, 5.41) is 0.309. The molecule has 0 saturated heterocycles. The van der Waals surface area contributed by atoms with E-state index in [0.717, 1.165) is 5.56 Å². The van der Waals surface area contributed by atoms with Crippen molar-refractivity contribution in [2.45, 2.75) is 10.5 Å². The number of allylic oxidation sites excluding steroid dienone is 4. The highest BCUT2D eigenvalue weighted by Gasteiger charge is 2.41. The van der Waals surface area contributed by atoms with Crippen molar-refractivity contribution in [3.8, 4) is 0 Å². The van der Waals surface area contributed by atoms with Crippen molar-refractivity contribution in [3.05, 3.63) is 53.1 Å². The molecule has 16 heavy (non-hydrogen) atoms. The highest BCUT2D eigenvalue weighted by Crippen LogP contribution is 2.45. The predicted octanol–water partition coefficient (Wildman–Crippen LogP) is 4.72. The summed E-state index contributed by atoms with van der Waals surface area (Å²) in [7, 11) is 0. The lowest BCUT2D eigenvalue weighted by molar-refractivity contribution is 0.392. The first-order valence-corrected chi connectivity index (χ1v) is 5.82. The number of rotatable bonds is 1. The zero-order valence-corrected chi connectivity index (χ0v) is 10.4. The fourth-order valence-electron chi connectivity index (χ4n) is 1.57. The summed E-state index contributed by atoms with van der Waals surface area (Å²) in [6.45, 7) is 0. The van der Waals surface area contributed by atoms with E-state index in [1.54, 1.807) is 6.08 Å². The first-order chi connectivity index (χ1) is 7.51. The highest BCUT2D eigenvalue weighted by atomic mass is 35.5. The summed E-state index contributed by atoms with van der Waals surface area (Å²) in [6, 6.07) is 9.15. The van der Waals surface area contributed by atoms with Crippen molar-refractivity contribution in [2.24, 2.45) is 0 Å². The predicted molar refractivity (Wildman–Crippen MR) is 67.7 cm³/mol. The van der Waals surface area contributed by atoms with Crippen LogP contribution in [0.1, 0.15) is 5.56 Å². The fraction of sp³-hybridized carbons (Fsp3) is 0.167. The number of alkyl halides is 3. The molecule has 0 saturated carbocycles. The molecular weight excluding hydrogens is 269 g/mol. The Balaban J connectivity index is 2.51. The second kappa shape index (κ2) is 4.40. The van der Waals surface area contributed by atoms with Gasteiger partial charge in [-0.1, -0.05) is 65.1 Å². The van der Waals surface area contributed by atoms with Crippen LogP contribution in [0.5, 0.6) is 0 Å². The third kappa shape index (κ3) is 2.13. The van der Waals surface area contributed by atoms with E-state index >= 15 is 0 Å². The highest BCUT2D eigenvalue weighted by molar-refractivity contribution is 6.55. The number of benzene rings is 1. The van der Waals surface area contributed by atoms with Gasteiger partial charge in [0.1, 0.15) is 0 Å². The summed E-state index contributed by atoms with van der Waals surface area (Å²) in [4.78, 5) is 0. The molecule has 0 heterocycles. The lowest BCUT2D eigenvalue weighted by Gasteiger charge is -2.28. The van der Waals surface area contributed by atoms with E-state index in [1.165, 1.54) is 6.08 Å². The maximum atomic E-state index is 13.7. The Bertz CT molecular complexity index is 449. The minimum Gasteiger partial charge on any atom is -0.239 e. The molecule has 2 rings (SSSR count). The van der Waals surface area contributed by atoms with Crippen LogP contribution in [0.25, 0.3) is 5.57 Å². The molecule has 1 aromatic rings. The van der Waals surface area contributed by atoms with E-state index in [9.17, 15) is 4.39 Å². The number of hydrogen-bond acceptors (Lipinski definition) is 0. The van der Waals surface area contributed by atoms with Gasteiger partial charge in [0.05, 0.1) is 0 Å². The van der Waals surface area contributed by atoms with Gasteiger partial charge in [0.25, 0.3) is 0 Å². The van der Waals surface area contributed by atoms with E-state index < -0.39 is 10.5 Å². The molecule has 1 atom stereocenters. The Labute approximate surface area is 108 Å². The first-order valence-electron chi connectivity index (χ1n) is 4.68. The Hall–Kier alpha value is -0.500. The summed E-state index contributed by atoms with van der Waals surface area (Å²) < 4.78 is 12.1. The average molecular weight is 278 g/mol. The maximum absolute atomic E-state index is 13.7. The Morgan fingerprint density at radius 1 is 1.12 bits per heavy atom. The molecule has 1 aliphatic rings. The van der Waals surface area contributed by atoms with Crippen molar-refractivity contribution in [3.63, 3.8) is 0 Å². The van der Waals surface area contributed by atoms with Gasteiger partial charge in [-0.05, 0) is 23.3 Å². The zero-order valence-electron chi connectivity index (χ0n) is 8.13. The van der Waals surface area contributed by atoms with Crippen LogP contribution in [0.2, 0.25) is 0 Å². The van der Waals surface area contributed by atoms with Crippen LogP contribution >= 0.6 is 34.8 Å². The molecule has 84 valence electrons. The standard InChI is InChI=1S/C12H8Cl3F/c13-9-6-10(8-4-2-1-3-5-8)12(14,15)11(16)7-9/h1-7,11H. The van der Waals surface area contributed by atoms with Crippen LogP contribution in [0.4, 0.5) is 4.39 Å². The molecule has 0 N–H and O–H groups in total. The van der Waals surface area contributed by atoms with Crippen molar-refractivity contribution >= 4 is 40.4 Å². The lowest BCUT2D eigenvalue weighted by atomic mass is 9.95. The molecular formula is C12H8Cl3F. The molecule has 1 aliphatic carbocycles. The number of halogens is 4. The maximum Gasteiger partial charge on any atom is 0.178 e. The van der Waals surface area contributed by atoms with Gasteiger partial charge >= 0.3 is 0 Å². The van der Waals surface area contributed by atoms with Gasteiger partial charge < -0.3 is 0 Å². The third-order valence-electron chi connectivity index (χ3n) is 2.38. The zero-order chi connectivity index (χ0) is 11.8. The molecule has 0 nitrogen and oxygen atoms in total. The van der Waals surface area contributed by atoms with Gasteiger partial charge in [0.2, 0.25) is 0 Å². The smallest absolute Gasteiger partial charge is 0.178 e. The van der Waals surface area contributed by atoms with Crippen molar-refractivity contribution in [1.29, 1.82) is 0 Å². The van der Waals surface area contributed by atoms with Crippen LogP contribution in [0, 0.1) is 0 Å². The van der Waals surface area contributed by atoms with Crippen LogP contribution < -0.4 is 0 Å². The van der Waals surface area contributed by atoms with E-state index in [4.69, 9.17) is 34.8 Å². The van der Waals surface area contributed by atoms with Crippen molar-refractivity contribution in [2.75, 3.05) is 0 Å². The van der Waals surface area contributed by atoms with Gasteiger partial charge in [-0.15, -0.1) is 0 Å². The Kier molecular flexibility index (Phi) is 3.29. The van der Waals surface area contributed by atoms with Gasteiger partial charge in [-0.2, -0.15) is 0 Å². The molecule has 4 heteroatoms. The van der Waals surface area contributed by atoms with E-state index in [0.29, 0.717) is 10.6 Å². The molecule has 0 aliphatic heterocycles. The van der Waals surface area contributed by atoms with Crippen LogP contribution in [0.15, 0.2) is 47.5 Å². The van der Waals surface area contributed by atoms with E-state index in [-0.39, 0.29) is 0 Å². The van der Waals surface area contributed by atoms with Gasteiger partial charge in [0, 0.05) is 5.03 Å². The van der Waals surface area contributed by atoms with E-state index in [2.05, 4.69) is 0 Å². The molecule has 0 spiro atoms. The summed E-state index contributed by atoms with van der Waals surface area (Å²) in [6.07, 6.45) is 1.28. The minimum absolute atomic E-state index is 0.309. The third-order valence-corrected chi connectivity index (χ3v) is 3.44. The van der Waals surface area contributed by atoms with Crippen LogP contribution in [-0.2, 0) is 0 Å². The first kappa shape index (κ1) is 12.0.